The summed E-state index contributed by atoms with van der Waals surface area (Å²) in [5.41, 5.74) is 0. The van der Waals surface area contributed by atoms with E-state index in [1.54, 1.807) is 0 Å². The second kappa shape index (κ2) is 3.68. The van der Waals surface area contributed by atoms with Crippen LogP contribution in [0.2, 0.25) is 0 Å². The molecule has 0 bridgehead atoms. The first kappa shape index (κ1) is 7.69. The topological polar surface area (TPSA) is 49.3 Å². The van der Waals surface area contributed by atoms with Crippen molar-refractivity contribution in [3.05, 3.63) is 0 Å². The molecule has 57 valence electrons. The molecule has 2 atom stereocenters. The number of hydrogen-bond acceptors (Lipinski definition) is 3. The van der Waals surface area contributed by atoms with E-state index >= 15 is 0 Å². The van der Waals surface area contributed by atoms with Gasteiger partial charge >= 0.3 is 0 Å². The standard InChI is InChI=1S/C7H12NO2/c9-4-6(5-10)7-2-1-3-8-7/h6-9H,1-4H2. The molecule has 1 radical (unpaired) electrons. The Morgan fingerprint density at radius 3 is 3.00 bits per heavy atom. The van der Waals surface area contributed by atoms with E-state index in [1.807, 2.05) is 6.29 Å². The van der Waals surface area contributed by atoms with Gasteiger partial charge in [0, 0.05) is 6.04 Å². The maximum absolute atomic E-state index is 10.2. The van der Waals surface area contributed by atoms with Gasteiger partial charge in [0.2, 0.25) is 6.29 Å². The molecule has 1 aliphatic rings. The second-order valence-corrected chi connectivity index (χ2v) is 2.61. The van der Waals surface area contributed by atoms with Crippen LogP contribution in [0.25, 0.3) is 0 Å². The minimum Gasteiger partial charge on any atom is -0.396 e. The monoisotopic (exact) mass is 142 g/mol. The number of carbonyl (C=O) groups excluding carboxylic acids is 1. The molecule has 3 nitrogen and oxygen atoms in total. The fraction of sp³-hybridized carbons (Fsp3) is 0.857. The summed E-state index contributed by atoms with van der Waals surface area (Å²) < 4.78 is 0. The summed E-state index contributed by atoms with van der Waals surface area (Å²) in [6.07, 6.45) is 3.92. The van der Waals surface area contributed by atoms with Crippen molar-refractivity contribution in [3.63, 3.8) is 0 Å². The summed E-state index contributed by atoms with van der Waals surface area (Å²) in [4.78, 5) is 10.2. The molecule has 0 aliphatic carbocycles. The van der Waals surface area contributed by atoms with E-state index in [1.165, 1.54) is 0 Å². The van der Waals surface area contributed by atoms with Gasteiger partial charge in [-0.05, 0) is 19.4 Å². The molecule has 1 saturated heterocycles. The highest BCUT2D eigenvalue weighted by molar-refractivity contribution is 5.56. The van der Waals surface area contributed by atoms with Gasteiger partial charge in [0.15, 0.2) is 0 Å². The Morgan fingerprint density at radius 1 is 1.80 bits per heavy atom. The fourth-order valence-electron chi connectivity index (χ4n) is 1.30. The van der Waals surface area contributed by atoms with Crippen molar-refractivity contribution < 1.29 is 9.90 Å². The fourth-order valence-corrected chi connectivity index (χ4v) is 1.30. The van der Waals surface area contributed by atoms with Crippen molar-refractivity contribution in [2.45, 2.75) is 18.9 Å². The lowest BCUT2D eigenvalue weighted by Gasteiger charge is -2.13. The minimum absolute atomic E-state index is 0.0822. The quantitative estimate of drug-likeness (QED) is 0.556. The molecule has 0 aromatic heterocycles. The lowest BCUT2D eigenvalue weighted by molar-refractivity contribution is 0.233. The first-order valence-electron chi connectivity index (χ1n) is 3.60. The minimum atomic E-state index is -0.317. The van der Waals surface area contributed by atoms with Gasteiger partial charge in [0.25, 0.3) is 0 Å². The van der Waals surface area contributed by atoms with Crippen LogP contribution in [0.15, 0.2) is 0 Å². The van der Waals surface area contributed by atoms with E-state index in [4.69, 9.17) is 5.11 Å². The third-order valence-electron chi connectivity index (χ3n) is 1.93. The van der Waals surface area contributed by atoms with Gasteiger partial charge in [-0.25, -0.2) is 0 Å². The molecule has 2 unspecified atom stereocenters. The summed E-state index contributed by atoms with van der Waals surface area (Å²) in [6, 6.07) is 0.169. The molecule has 0 spiro atoms. The van der Waals surface area contributed by atoms with Crippen LogP contribution in [0.5, 0.6) is 0 Å². The smallest absolute Gasteiger partial charge is 0.205 e. The highest BCUT2D eigenvalue weighted by Gasteiger charge is 2.23. The van der Waals surface area contributed by atoms with E-state index in [9.17, 15) is 4.79 Å². The maximum atomic E-state index is 10.2. The highest BCUT2D eigenvalue weighted by Crippen LogP contribution is 2.12. The molecule has 0 aromatic carbocycles. The van der Waals surface area contributed by atoms with Gasteiger partial charge in [-0.2, -0.15) is 0 Å². The number of nitrogens with one attached hydrogen (secondary N) is 1. The predicted octanol–water partition coefficient (Wildman–Crippen LogP) is -0.543. The van der Waals surface area contributed by atoms with Crippen LogP contribution in [0.4, 0.5) is 0 Å². The number of aliphatic hydroxyl groups is 1. The van der Waals surface area contributed by atoms with Gasteiger partial charge in [-0.1, -0.05) is 0 Å². The Balaban J connectivity index is 2.36. The summed E-state index contributed by atoms with van der Waals surface area (Å²) in [5, 5.41) is 11.8. The van der Waals surface area contributed by atoms with Crippen LogP contribution in [0.3, 0.4) is 0 Å². The first-order chi connectivity index (χ1) is 4.88. The average Bonchev–Trinajstić information content (AvgIpc) is 2.43. The summed E-state index contributed by atoms with van der Waals surface area (Å²) in [7, 11) is 0. The molecule has 1 rings (SSSR count). The van der Waals surface area contributed by atoms with Crippen molar-refractivity contribution >= 4 is 6.29 Å². The van der Waals surface area contributed by atoms with E-state index in [0.717, 1.165) is 19.4 Å². The third-order valence-corrected chi connectivity index (χ3v) is 1.93. The van der Waals surface area contributed by atoms with Crippen LogP contribution < -0.4 is 5.32 Å². The van der Waals surface area contributed by atoms with Crippen LogP contribution in [-0.2, 0) is 4.79 Å². The predicted molar refractivity (Wildman–Crippen MR) is 37.3 cm³/mol. The van der Waals surface area contributed by atoms with Crippen LogP contribution in [0, 0.1) is 5.92 Å². The summed E-state index contributed by atoms with van der Waals surface area (Å²) >= 11 is 0. The molecule has 3 heteroatoms. The van der Waals surface area contributed by atoms with Crippen LogP contribution >= 0.6 is 0 Å². The van der Waals surface area contributed by atoms with Gasteiger partial charge in [-0.3, -0.25) is 4.79 Å². The van der Waals surface area contributed by atoms with Crippen molar-refractivity contribution in [2.75, 3.05) is 13.2 Å². The SMILES string of the molecule is O=[C]C(CO)C1CCCN1. The molecule has 0 aromatic rings. The molecular formula is C7H12NO2. The summed E-state index contributed by atoms with van der Waals surface area (Å²) in [5.74, 6) is -0.317. The molecule has 0 amide bonds. The zero-order valence-corrected chi connectivity index (χ0v) is 5.84. The van der Waals surface area contributed by atoms with Gasteiger partial charge in [-0.15, -0.1) is 0 Å². The average molecular weight is 142 g/mol. The van der Waals surface area contributed by atoms with E-state index < -0.39 is 0 Å². The second-order valence-electron chi connectivity index (χ2n) is 2.61. The molecule has 2 N–H and O–H groups in total. The lowest BCUT2D eigenvalue weighted by Crippen LogP contribution is -2.33. The van der Waals surface area contributed by atoms with Crippen LogP contribution in [0.1, 0.15) is 12.8 Å². The summed E-state index contributed by atoms with van der Waals surface area (Å²) in [6.45, 7) is 0.879. The van der Waals surface area contributed by atoms with Crippen molar-refractivity contribution in [3.8, 4) is 0 Å². The largest absolute Gasteiger partial charge is 0.396 e. The Bertz CT molecular complexity index is 110. The van der Waals surface area contributed by atoms with Crippen molar-refractivity contribution in [1.82, 2.24) is 5.32 Å². The van der Waals surface area contributed by atoms with E-state index in [-0.39, 0.29) is 18.6 Å². The molecular weight excluding hydrogens is 130 g/mol. The van der Waals surface area contributed by atoms with Gasteiger partial charge < -0.3 is 10.4 Å². The highest BCUT2D eigenvalue weighted by atomic mass is 16.3. The number of rotatable bonds is 3. The van der Waals surface area contributed by atoms with E-state index in [0.29, 0.717) is 0 Å². The van der Waals surface area contributed by atoms with Crippen LogP contribution in [-0.4, -0.2) is 30.6 Å². The van der Waals surface area contributed by atoms with Gasteiger partial charge in [0.05, 0.1) is 12.5 Å². The molecule has 1 fully saturated rings. The normalized spacial score (nSPS) is 28.3. The third kappa shape index (κ3) is 1.55. The van der Waals surface area contributed by atoms with Gasteiger partial charge in [0.1, 0.15) is 0 Å². The Hall–Kier alpha value is -0.410. The Kier molecular flexibility index (Phi) is 2.83. The van der Waals surface area contributed by atoms with E-state index in [2.05, 4.69) is 5.32 Å². The maximum Gasteiger partial charge on any atom is 0.205 e. The van der Waals surface area contributed by atoms with Crippen molar-refractivity contribution in [1.29, 1.82) is 0 Å². The Labute approximate surface area is 60.4 Å². The molecule has 0 saturated carbocycles. The molecule has 1 heterocycles. The number of aliphatic hydroxyl groups excluding tert-OH is 1. The lowest BCUT2D eigenvalue weighted by atomic mass is 10.0. The zero-order valence-electron chi connectivity index (χ0n) is 5.84. The Morgan fingerprint density at radius 2 is 2.60 bits per heavy atom. The van der Waals surface area contributed by atoms with Crippen molar-refractivity contribution in [2.24, 2.45) is 5.92 Å². The number of hydrogen-bond donors (Lipinski definition) is 2. The first-order valence-corrected chi connectivity index (χ1v) is 3.60. The molecule has 10 heavy (non-hydrogen) atoms. The molecule has 1 aliphatic heterocycles. The zero-order chi connectivity index (χ0) is 7.40.